The number of benzene rings is 1. The highest BCUT2D eigenvalue weighted by molar-refractivity contribution is 6.33. The molecule has 7 nitrogen and oxygen atoms in total. The van der Waals surface area contributed by atoms with Gasteiger partial charge < -0.3 is 19.4 Å². The SMILES string of the molecule is CC(=O)N1C[C@@H](C(=O)N2CCN(c3ncc(C(F)(F)F)cc3Cl)CC2)Oc2ccccc21. The molecule has 0 spiro atoms. The van der Waals surface area contributed by atoms with Gasteiger partial charge in [-0.25, -0.2) is 4.98 Å². The Morgan fingerprint density at radius 3 is 2.47 bits per heavy atom. The number of hydrogen-bond acceptors (Lipinski definition) is 5. The molecule has 1 aromatic carbocycles. The standard InChI is InChI=1S/C21H20ClF3N4O3/c1-13(30)29-12-18(32-17-5-3-2-4-16(17)29)20(31)28-8-6-27(7-9-28)19-15(22)10-14(11-26-19)21(23,24)25/h2-5,10-11,18H,6-9,12H2,1H3/t18-/m0/s1. The number of piperazine rings is 1. The summed E-state index contributed by atoms with van der Waals surface area (Å²) in [6.45, 7) is 2.88. The Kier molecular flexibility index (Phi) is 5.89. The average Bonchev–Trinajstić information content (AvgIpc) is 2.77. The molecule has 2 aliphatic heterocycles. The lowest BCUT2D eigenvalue weighted by molar-refractivity contribution is -0.139. The molecule has 0 saturated carbocycles. The summed E-state index contributed by atoms with van der Waals surface area (Å²) in [4.78, 5) is 33.9. The molecule has 0 radical (unpaired) electrons. The molecule has 1 aromatic heterocycles. The van der Waals surface area contributed by atoms with E-state index in [0.717, 1.165) is 12.3 Å². The highest BCUT2D eigenvalue weighted by Gasteiger charge is 2.37. The van der Waals surface area contributed by atoms with Crippen LogP contribution in [0, 0.1) is 0 Å². The predicted molar refractivity (Wildman–Crippen MR) is 112 cm³/mol. The minimum Gasteiger partial charge on any atom is -0.476 e. The van der Waals surface area contributed by atoms with Crippen LogP contribution in [-0.4, -0.2) is 60.5 Å². The number of carbonyl (C=O) groups is 2. The molecule has 1 fully saturated rings. The number of halogens is 4. The molecule has 0 N–H and O–H groups in total. The third-order valence-corrected chi connectivity index (χ3v) is 5.75. The highest BCUT2D eigenvalue weighted by Crippen LogP contribution is 2.35. The zero-order valence-electron chi connectivity index (χ0n) is 17.1. The van der Waals surface area contributed by atoms with Gasteiger partial charge in [0.1, 0.15) is 11.6 Å². The van der Waals surface area contributed by atoms with E-state index in [9.17, 15) is 22.8 Å². The molecule has 32 heavy (non-hydrogen) atoms. The normalized spacial score (nSPS) is 18.8. The van der Waals surface area contributed by atoms with Crippen molar-refractivity contribution in [1.29, 1.82) is 0 Å². The summed E-state index contributed by atoms with van der Waals surface area (Å²) in [5, 5.41) is -0.0936. The van der Waals surface area contributed by atoms with Crippen molar-refractivity contribution in [3.05, 3.63) is 47.1 Å². The number of rotatable bonds is 2. The van der Waals surface area contributed by atoms with Gasteiger partial charge in [-0.3, -0.25) is 9.59 Å². The molecular formula is C21H20ClF3N4O3. The number of alkyl halides is 3. The number of fused-ring (bicyclic) bond motifs is 1. The first-order valence-electron chi connectivity index (χ1n) is 9.95. The van der Waals surface area contributed by atoms with Crippen LogP contribution in [0.3, 0.4) is 0 Å². The maximum Gasteiger partial charge on any atom is 0.417 e. The molecule has 0 aliphatic carbocycles. The predicted octanol–water partition coefficient (Wildman–Crippen LogP) is 3.22. The molecule has 0 unspecified atom stereocenters. The van der Waals surface area contributed by atoms with E-state index in [4.69, 9.17) is 16.3 Å². The number of amides is 2. The topological polar surface area (TPSA) is 66.0 Å². The maximum absolute atomic E-state index is 13.1. The summed E-state index contributed by atoms with van der Waals surface area (Å²) < 4.78 is 44.4. The lowest BCUT2D eigenvalue weighted by Gasteiger charge is -2.39. The number of ether oxygens (including phenoxy) is 1. The van der Waals surface area contributed by atoms with Gasteiger partial charge in [0.2, 0.25) is 5.91 Å². The van der Waals surface area contributed by atoms with Gasteiger partial charge in [-0.2, -0.15) is 13.2 Å². The highest BCUT2D eigenvalue weighted by atomic mass is 35.5. The van der Waals surface area contributed by atoms with E-state index in [2.05, 4.69) is 4.98 Å². The van der Waals surface area contributed by atoms with E-state index >= 15 is 0 Å². The largest absolute Gasteiger partial charge is 0.476 e. The Bertz CT molecular complexity index is 1040. The fraction of sp³-hybridized carbons (Fsp3) is 0.381. The van der Waals surface area contributed by atoms with Crippen molar-refractivity contribution in [2.45, 2.75) is 19.2 Å². The average molecular weight is 469 g/mol. The number of hydrogen-bond donors (Lipinski definition) is 0. The van der Waals surface area contributed by atoms with Gasteiger partial charge in [-0.05, 0) is 18.2 Å². The van der Waals surface area contributed by atoms with Gasteiger partial charge in [0, 0.05) is 39.3 Å². The van der Waals surface area contributed by atoms with Gasteiger partial charge in [-0.1, -0.05) is 23.7 Å². The van der Waals surface area contributed by atoms with E-state index in [1.165, 1.54) is 11.8 Å². The first kappa shape index (κ1) is 22.2. The fourth-order valence-corrected chi connectivity index (χ4v) is 4.11. The molecule has 1 saturated heterocycles. The van der Waals surface area contributed by atoms with E-state index in [-0.39, 0.29) is 29.2 Å². The first-order valence-corrected chi connectivity index (χ1v) is 10.3. The van der Waals surface area contributed by atoms with Crippen molar-refractivity contribution >= 4 is 34.9 Å². The van der Waals surface area contributed by atoms with E-state index in [1.54, 1.807) is 34.1 Å². The van der Waals surface area contributed by atoms with E-state index in [1.807, 2.05) is 0 Å². The van der Waals surface area contributed by atoms with Crippen LogP contribution in [0.15, 0.2) is 36.5 Å². The molecule has 11 heteroatoms. The molecule has 3 heterocycles. The lowest BCUT2D eigenvalue weighted by atomic mass is 10.1. The van der Waals surface area contributed by atoms with Crippen molar-refractivity contribution in [3.8, 4) is 5.75 Å². The van der Waals surface area contributed by atoms with Crippen LogP contribution in [0.4, 0.5) is 24.7 Å². The monoisotopic (exact) mass is 468 g/mol. The van der Waals surface area contributed by atoms with Gasteiger partial charge in [0.15, 0.2) is 6.10 Å². The summed E-state index contributed by atoms with van der Waals surface area (Å²) in [5.74, 6) is 0.271. The van der Waals surface area contributed by atoms with Crippen LogP contribution in [0.5, 0.6) is 5.75 Å². The third kappa shape index (κ3) is 4.32. The quantitative estimate of drug-likeness (QED) is 0.677. The summed E-state index contributed by atoms with van der Waals surface area (Å²) in [5.41, 5.74) is -0.290. The zero-order chi connectivity index (χ0) is 23.0. The Morgan fingerprint density at radius 2 is 1.84 bits per heavy atom. The van der Waals surface area contributed by atoms with Crippen LogP contribution in [0.1, 0.15) is 12.5 Å². The summed E-state index contributed by atoms with van der Waals surface area (Å²) in [6, 6.07) is 7.88. The van der Waals surface area contributed by atoms with Gasteiger partial charge in [0.05, 0.1) is 22.8 Å². The van der Waals surface area contributed by atoms with Gasteiger partial charge in [-0.15, -0.1) is 0 Å². The van der Waals surface area contributed by atoms with E-state index < -0.39 is 17.8 Å². The van der Waals surface area contributed by atoms with Crippen LogP contribution >= 0.6 is 11.6 Å². The Morgan fingerprint density at radius 1 is 1.16 bits per heavy atom. The lowest BCUT2D eigenvalue weighted by Crippen LogP contribution is -2.56. The van der Waals surface area contributed by atoms with Gasteiger partial charge >= 0.3 is 6.18 Å². The summed E-state index contributed by atoms with van der Waals surface area (Å²) >= 11 is 6.04. The second-order valence-corrected chi connectivity index (χ2v) is 7.95. The fourth-order valence-electron chi connectivity index (χ4n) is 3.82. The van der Waals surface area contributed by atoms with Crippen LogP contribution in [0.25, 0.3) is 0 Å². The van der Waals surface area contributed by atoms with Crippen molar-refractivity contribution in [2.75, 3.05) is 42.5 Å². The Labute approximate surface area is 187 Å². The Hall–Kier alpha value is -3.01. The molecule has 2 amide bonds. The smallest absolute Gasteiger partial charge is 0.417 e. The van der Waals surface area contributed by atoms with Crippen molar-refractivity contribution in [3.63, 3.8) is 0 Å². The van der Waals surface area contributed by atoms with Crippen LogP contribution in [-0.2, 0) is 15.8 Å². The zero-order valence-corrected chi connectivity index (χ0v) is 17.9. The number of aromatic nitrogens is 1. The van der Waals surface area contributed by atoms with Crippen molar-refractivity contribution < 1.29 is 27.5 Å². The maximum atomic E-state index is 13.1. The number of para-hydroxylation sites is 2. The van der Waals surface area contributed by atoms with Crippen LogP contribution < -0.4 is 14.5 Å². The molecular weight excluding hydrogens is 449 g/mol. The minimum atomic E-state index is -4.52. The van der Waals surface area contributed by atoms with Crippen molar-refractivity contribution in [2.24, 2.45) is 0 Å². The molecule has 2 aromatic rings. The number of nitrogens with zero attached hydrogens (tertiary/aromatic N) is 4. The summed E-state index contributed by atoms with van der Waals surface area (Å²) in [7, 11) is 0. The Balaban J connectivity index is 1.43. The molecule has 0 bridgehead atoms. The number of carbonyl (C=O) groups excluding carboxylic acids is 2. The van der Waals surface area contributed by atoms with Crippen molar-refractivity contribution in [1.82, 2.24) is 9.88 Å². The number of pyridine rings is 1. The number of anilines is 2. The molecule has 170 valence electrons. The second kappa shape index (κ2) is 8.50. The summed E-state index contributed by atoms with van der Waals surface area (Å²) in [6.07, 6.45) is -4.61. The van der Waals surface area contributed by atoms with Gasteiger partial charge in [0.25, 0.3) is 5.91 Å². The molecule has 4 rings (SSSR count). The third-order valence-electron chi connectivity index (χ3n) is 5.47. The van der Waals surface area contributed by atoms with E-state index in [0.29, 0.717) is 37.6 Å². The molecule has 2 aliphatic rings. The van der Waals surface area contributed by atoms with Crippen LogP contribution in [0.2, 0.25) is 5.02 Å². The first-order chi connectivity index (χ1) is 15.1. The minimum absolute atomic E-state index is 0.0936. The second-order valence-electron chi connectivity index (χ2n) is 7.54. The molecule has 1 atom stereocenters.